The number of carbonyl (C=O) groups excluding carboxylic acids is 3. The highest BCUT2D eigenvalue weighted by atomic mass is 32.1. The number of hydrogen-bond acceptors (Lipinski definition) is 9. The Bertz CT molecular complexity index is 1220. The molecule has 2 aromatic rings. The van der Waals surface area contributed by atoms with Crippen LogP contribution in [0.1, 0.15) is 52.4 Å². The second-order valence-corrected chi connectivity index (χ2v) is 12.4. The maximum atomic E-state index is 14.5. The summed E-state index contributed by atoms with van der Waals surface area (Å²) in [6.45, 7) is 5.93. The Kier molecular flexibility index (Phi) is 10.2. The summed E-state index contributed by atoms with van der Waals surface area (Å²) < 4.78 is 10.0. The van der Waals surface area contributed by atoms with Crippen molar-refractivity contribution in [3.05, 3.63) is 30.3 Å². The Balaban J connectivity index is 1.42. The van der Waals surface area contributed by atoms with E-state index in [1.165, 1.54) is 0 Å². The summed E-state index contributed by atoms with van der Waals surface area (Å²) in [5, 5.41) is 13.9. The van der Waals surface area contributed by atoms with Gasteiger partial charge in [0.15, 0.2) is 0 Å². The van der Waals surface area contributed by atoms with Gasteiger partial charge in [0.1, 0.15) is 22.8 Å². The smallest absolute Gasteiger partial charge is 0.249 e. The number of benzene rings is 1. The van der Waals surface area contributed by atoms with E-state index < -0.39 is 18.1 Å². The lowest BCUT2D eigenvalue weighted by atomic mass is 9.82. The van der Waals surface area contributed by atoms with Gasteiger partial charge in [-0.25, -0.2) is 0 Å². The van der Waals surface area contributed by atoms with Crippen molar-refractivity contribution in [2.75, 3.05) is 38.6 Å². The zero-order valence-electron chi connectivity index (χ0n) is 24.8. The number of carbonyl (C=O) groups is 3. The molecular formula is C30H43N7O4S. The largest absolute Gasteiger partial charge is 0.377 e. The highest BCUT2D eigenvalue weighted by Crippen LogP contribution is 2.33. The van der Waals surface area contributed by atoms with Gasteiger partial charge in [-0.05, 0) is 46.1 Å². The van der Waals surface area contributed by atoms with Crippen molar-refractivity contribution in [1.82, 2.24) is 30.0 Å². The van der Waals surface area contributed by atoms with E-state index in [0.717, 1.165) is 62.2 Å². The zero-order chi connectivity index (χ0) is 29.6. The fourth-order valence-corrected chi connectivity index (χ4v) is 7.14. The van der Waals surface area contributed by atoms with Crippen LogP contribution in [0, 0.1) is 5.92 Å². The van der Waals surface area contributed by atoms with Crippen LogP contribution in [0.5, 0.6) is 0 Å². The first-order valence-corrected chi connectivity index (χ1v) is 16.0. The summed E-state index contributed by atoms with van der Waals surface area (Å²) in [7, 11) is 1.73. The molecule has 228 valence electrons. The molecule has 3 fully saturated rings. The van der Waals surface area contributed by atoms with Crippen molar-refractivity contribution in [2.24, 2.45) is 5.92 Å². The molecule has 11 nitrogen and oxygen atoms in total. The molecule has 3 aliphatic rings. The third-order valence-electron chi connectivity index (χ3n) is 8.95. The van der Waals surface area contributed by atoms with Crippen molar-refractivity contribution in [3.8, 4) is 11.3 Å². The van der Waals surface area contributed by atoms with E-state index in [-0.39, 0.29) is 35.8 Å². The van der Waals surface area contributed by atoms with Gasteiger partial charge in [-0.2, -0.15) is 0 Å². The summed E-state index contributed by atoms with van der Waals surface area (Å²) in [4.78, 5) is 45.6. The standard InChI is InChI=1S/C30H43N7O4S/c1-4-41-23-15-22-16-37(30(40)26(21-13-9-6-10-14-21)32-27(38)19(2)31-3)24(18-36(22)17-23)28(39)33-29-25(34-35-42-29)20-11-7-5-8-12-20/h5,7-8,11-12,19,21-24,26,31H,4,6,9-10,13-18H2,1-3H3,(H,32,38)(H,33,39)/t19-,22+,23+,24-,26-/m0/s1. The fraction of sp³-hybridized carbons (Fsp3) is 0.633. The van der Waals surface area contributed by atoms with Gasteiger partial charge in [0, 0.05) is 49.4 Å². The molecule has 5 atom stereocenters. The molecule has 2 aliphatic heterocycles. The normalized spacial score (nSPS) is 24.5. The lowest BCUT2D eigenvalue weighted by molar-refractivity contribution is -0.148. The van der Waals surface area contributed by atoms with Crippen molar-refractivity contribution in [3.63, 3.8) is 0 Å². The molecule has 2 saturated heterocycles. The molecule has 3 amide bonds. The lowest BCUT2D eigenvalue weighted by Crippen LogP contribution is -2.66. The number of anilines is 1. The van der Waals surface area contributed by atoms with E-state index in [1.807, 2.05) is 37.3 Å². The number of amides is 3. The molecule has 1 aliphatic carbocycles. The highest BCUT2D eigenvalue weighted by molar-refractivity contribution is 7.10. The molecule has 0 bridgehead atoms. The van der Waals surface area contributed by atoms with Crippen LogP contribution in [0.3, 0.4) is 0 Å². The molecule has 12 heteroatoms. The molecule has 0 spiro atoms. The maximum absolute atomic E-state index is 14.5. The molecule has 3 heterocycles. The van der Waals surface area contributed by atoms with Gasteiger partial charge < -0.3 is 25.6 Å². The molecule has 1 aromatic carbocycles. The number of nitrogens with one attached hydrogen (secondary N) is 3. The number of likely N-dealkylation sites (N-methyl/N-ethyl adjacent to an activating group) is 1. The number of nitrogens with zero attached hydrogens (tertiary/aromatic N) is 4. The molecule has 0 unspecified atom stereocenters. The number of rotatable bonds is 10. The number of ether oxygens (including phenoxy) is 1. The van der Waals surface area contributed by atoms with Gasteiger partial charge >= 0.3 is 0 Å². The van der Waals surface area contributed by atoms with E-state index in [4.69, 9.17) is 4.74 Å². The highest BCUT2D eigenvalue weighted by Gasteiger charge is 2.47. The van der Waals surface area contributed by atoms with Crippen molar-refractivity contribution >= 4 is 34.3 Å². The Morgan fingerprint density at radius 1 is 1.10 bits per heavy atom. The average Bonchev–Trinajstić information content (AvgIpc) is 3.65. The van der Waals surface area contributed by atoms with Gasteiger partial charge in [-0.3, -0.25) is 19.3 Å². The number of fused-ring (bicyclic) bond motifs is 1. The summed E-state index contributed by atoms with van der Waals surface area (Å²) in [6.07, 6.45) is 5.83. The van der Waals surface area contributed by atoms with Crippen LogP contribution in [0.2, 0.25) is 0 Å². The monoisotopic (exact) mass is 597 g/mol. The van der Waals surface area contributed by atoms with Gasteiger partial charge in [-0.15, -0.1) is 5.10 Å². The summed E-state index contributed by atoms with van der Waals surface area (Å²) in [5.41, 5.74) is 1.46. The fourth-order valence-electron chi connectivity index (χ4n) is 6.54. The van der Waals surface area contributed by atoms with E-state index in [1.54, 1.807) is 18.9 Å². The van der Waals surface area contributed by atoms with Crippen molar-refractivity contribution < 1.29 is 19.1 Å². The molecule has 0 radical (unpaired) electrons. The summed E-state index contributed by atoms with van der Waals surface area (Å²) in [6, 6.07) is 7.86. The summed E-state index contributed by atoms with van der Waals surface area (Å²) in [5.74, 6) is -0.621. The SMILES string of the molecule is CCO[C@@H]1C[C@@H]2CN(C(=O)[C@@H](NC(=O)[C@H](C)NC)C3CCCCC3)[C@H](C(=O)Nc3snnc3-c3ccccc3)CN2C1. The van der Waals surface area contributed by atoms with Crippen LogP contribution in [-0.4, -0.2) is 101 Å². The van der Waals surface area contributed by atoms with E-state index in [2.05, 4.69) is 30.4 Å². The third-order valence-corrected chi connectivity index (χ3v) is 9.59. The minimum atomic E-state index is -0.732. The Hall–Kier alpha value is -2.93. The molecule has 5 rings (SSSR count). The number of aromatic nitrogens is 2. The van der Waals surface area contributed by atoms with E-state index in [0.29, 0.717) is 30.4 Å². The van der Waals surface area contributed by atoms with Crippen molar-refractivity contribution in [2.45, 2.75) is 82.6 Å². The van der Waals surface area contributed by atoms with Gasteiger partial charge in [0.2, 0.25) is 17.7 Å². The molecular weight excluding hydrogens is 554 g/mol. The lowest BCUT2D eigenvalue weighted by Gasteiger charge is -2.45. The average molecular weight is 598 g/mol. The number of hydrogen-bond donors (Lipinski definition) is 3. The third kappa shape index (κ3) is 6.82. The molecule has 1 aromatic heterocycles. The van der Waals surface area contributed by atoms with Crippen LogP contribution in [0.25, 0.3) is 11.3 Å². The van der Waals surface area contributed by atoms with E-state index >= 15 is 0 Å². The van der Waals surface area contributed by atoms with Crippen LogP contribution < -0.4 is 16.0 Å². The Labute approximate surface area is 251 Å². The van der Waals surface area contributed by atoms with Gasteiger partial charge in [0.05, 0.1) is 12.1 Å². The predicted octanol–water partition coefficient (Wildman–Crippen LogP) is 2.51. The zero-order valence-corrected chi connectivity index (χ0v) is 25.6. The quantitative estimate of drug-likeness (QED) is 0.381. The van der Waals surface area contributed by atoms with Crippen LogP contribution >= 0.6 is 11.5 Å². The van der Waals surface area contributed by atoms with Crippen molar-refractivity contribution in [1.29, 1.82) is 0 Å². The predicted molar refractivity (Wildman–Crippen MR) is 162 cm³/mol. The topological polar surface area (TPSA) is 129 Å². The van der Waals surface area contributed by atoms with E-state index in [9.17, 15) is 14.4 Å². The first-order valence-electron chi connectivity index (χ1n) is 15.2. The minimum Gasteiger partial charge on any atom is -0.377 e. The first-order chi connectivity index (χ1) is 20.4. The second-order valence-electron chi connectivity index (χ2n) is 11.6. The Morgan fingerprint density at radius 2 is 1.86 bits per heavy atom. The molecule has 3 N–H and O–H groups in total. The van der Waals surface area contributed by atoms with Crippen LogP contribution in [0.4, 0.5) is 5.00 Å². The first kappa shape index (κ1) is 30.5. The maximum Gasteiger partial charge on any atom is 0.249 e. The van der Waals surface area contributed by atoms with Gasteiger partial charge in [0.25, 0.3) is 0 Å². The second kappa shape index (κ2) is 14.0. The number of piperazine rings is 1. The van der Waals surface area contributed by atoms with Crippen LogP contribution in [0.15, 0.2) is 30.3 Å². The summed E-state index contributed by atoms with van der Waals surface area (Å²) >= 11 is 1.12. The molecule has 1 saturated carbocycles. The minimum absolute atomic E-state index is 0.0381. The van der Waals surface area contributed by atoms with Gasteiger partial charge in [-0.1, -0.05) is 54.1 Å². The van der Waals surface area contributed by atoms with Crippen LogP contribution in [-0.2, 0) is 19.1 Å². The molecule has 42 heavy (non-hydrogen) atoms. The Morgan fingerprint density at radius 3 is 2.57 bits per heavy atom.